The number of hydrogen-bond donors (Lipinski definition) is 1. The van der Waals surface area contributed by atoms with Crippen LogP contribution in [0.1, 0.15) is 19.3 Å². The van der Waals surface area contributed by atoms with Crippen LogP contribution in [0.4, 0.5) is 10.1 Å². The summed E-state index contributed by atoms with van der Waals surface area (Å²) < 4.78 is 18.7. The van der Waals surface area contributed by atoms with Crippen LogP contribution in [0.25, 0.3) is 0 Å². The van der Waals surface area contributed by atoms with E-state index in [2.05, 4.69) is 0 Å². The number of carbonyl (C=O) groups is 1. The van der Waals surface area contributed by atoms with Crippen LogP contribution in [-0.2, 0) is 4.79 Å². The van der Waals surface area contributed by atoms with Crippen LogP contribution in [0.2, 0.25) is 0 Å². The van der Waals surface area contributed by atoms with E-state index < -0.39 is 22.4 Å². The normalized spacial score (nSPS) is 15.8. The second-order valence-electron chi connectivity index (χ2n) is 4.73. The monoisotopic (exact) mass is 269 g/mol. The van der Waals surface area contributed by atoms with Gasteiger partial charge in [-0.15, -0.1) is 0 Å². The third-order valence-electron chi connectivity index (χ3n) is 3.14. The Bertz CT molecular complexity index is 527. The first-order valence-electron chi connectivity index (χ1n) is 5.70. The van der Waals surface area contributed by atoms with Gasteiger partial charge in [-0.05, 0) is 18.9 Å². The number of carboxylic acid groups (broad SMARTS) is 1. The minimum atomic E-state index is -0.967. The average molecular weight is 269 g/mol. The highest BCUT2D eigenvalue weighted by atomic mass is 19.1. The van der Waals surface area contributed by atoms with Crippen molar-refractivity contribution in [3.63, 3.8) is 0 Å². The maximum Gasteiger partial charge on any atom is 0.305 e. The van der Waals surface area contributed by atoms with Crippen molar-refractivity contribution in [2.45, 2.75) is 19.3 Å². The van der Waals surface area contributed by atoms with E-state index in [1.165, 1.54) is 6.07 Å². The molecule has 1 fully saturated rings. The van der Waals surface area contributed by atoms with E-state index in [4.69, 9.17) is 9.84 Å². The van der Waals surface area contributed by atoms with Gasteiger partial charge in [-0.2, -0.15) is 4.39 Å². The van der Waals surface area contributed by atoms with E-state index >= 15 is 0 Å². The zero-order valence-corrected chi connectivity index (χ0v) is 9.97. The summed E-state index contributed by atoms with van der Waals surface area (Å²) in [5.41, 5.74) is -0.983. The van der Waals surface area contributed by atoms with Crippen LogP contribution in [0.15, 0.2) is 18.2 Å². The summed E-state index contributed by atoms with van der Waals surface area (Å²) in [7, 11) is 0. The Morgan fingerprint density at radius 3 is 2.68 bits per heavy atom. The Kier molecular flexibility index (Phi) is 3.37. The van der Waals surface area contributed by atoms with E-state index in [1.54, 1.807) is 0 Å². The number of aliphatic carboxylic acids is 1. The van der Waals surface area contributed by atoms with Crippen LogP contribution < -0.4 is 4.74 Å². The van der Waals surface area contributed by atoms with Crippen LogP contribution in [0, 0.1) is 21.3 Å². The highest BCUT2D eigenvalue weighted by molar-refractivity contribution is 5.68. The molecule has 0 radical (unpaired) electrons. The molecular weight excluding hydrogens is 257 g/mol. The molecule has 0 amide bonds. The fourth-order valence-corrected chi connectivity index (χ4v) is 1.83. The molecule has 1 aromatic carbocycles. The minimum Gasteiger partial charge on any atom is -0.493 e. The van der Waals surface area contributed by atoms with Gasteiger partial charge in [0, 0.05) is 17.5 Å². The van der Waals surface area contributed by atoms with Crippen molar-refractivity contribution in [2.75, 3.05) is 6.61 Å². The third kappa shape index (κ3) is 3.18. The fraction of sp³-hybridized carbons (Fsp3) is 0.417. The average Bonchev–Trinajstić information content (AvgIpc) is 3.05. The number of benzene rings is 1. The van der Waals surface area contributed by atoms with E-state index in [0.717, 1.165) is 25.0 Å². The zero-order valence-electron chi connectivity index (χ0n) is 9.97. The molecular formula is C12H12FNO5. The van der Waals surface area contributed by atoms with Crippen LogP contribution in [0.3, 0.4) is 0 Å². The molecule has 1 aromatic rings. The van der Waals surface area contributed by atoms with E-state index in [-0.39, 0.29) is 24.2 Å². The van der Waals surface area contributed by atoms with Gasteiger partial charge in [-0.1, -0.05) is 0 Å². The number of ether oxygens (including phenoxy) is 1. The van der Waals surface area contributed by atoms with Crippen LogP contribution >= 0.6 is 0 Å². The Balaban J connectivity index is 1.99. The Labute approximate surface area is 108 Å². The molecule has 0 aromatic heterocycles. The topological polar surface area (TPSA) is 89.7 Å². The molecule has 2 rings (SSSR count). The number of hydrogen-bond acceptors (Lipinski definition) is 4. The summed E-state index contributed by atoms with van der Waals surface area (Å²) in [6.07, 6.45) is 1.53. The molecule has 0 aliphatic heterocycles. The van der Waals surface area contributed by atoms with Gasteiger partial charge in [-0.3, -0.25) is 14.9 Å². The number of nitro groups is 1. The maximum absolute atomic E-state index is 13.3. The van der Waals surface area contributed by atoms with E-state index in [1.807, 2.05) is 0 Å². The SMILES string of the molecule is O=C(O)CC1(COc2ccc([N+](=O)[O-])c(F)c2)CC1. The predicted octanol–water partition coefficient (Wildman–Crippen LogP) is 2.37. The molecule has 1 aliphatic rings. The molecule has 0 unspecified atom stereocenters. The molecule has 6 nitrogen and oxygen atoms in total. The van der Waals surface area contributed by atoms with E-state index in [0.29, 0.717) is 0 Å². The Morgan fingerprint density at radius 2 is 2.21 bits per heavy atom. The molecule has 0 bridgehead atoms. The zero-order chi connectivity index (χ0) is 14.0. The number of rotatable bonds is 6. The van der Waals surface area contributed by atoms with Gasteiger partial charge in [0.25, 0.3) is 0 Å². The molecule has 1 N–H and O–H groups in total. The van der Waals surface area contributed by atoms with Crippen molar-refractivity contribution in [3.8, 4) is 5.75 Å². The summed E-state index contributed by atoms with van der Waals surface area (Å²) in [5.74, 6) is -1.69. The van der Waals surface area contributed by atoms with Crippen LogP contribution in [0.5, 0.6) is 5.75 Å². The fourth-order valence-electron chi connectivity index (χ4n) is 1.83. The first-order valence-corrected chi connectivity index (χ1v) is 5.70. The molecule has 1 aliphatic carbocycles. The summed E-state index contributed by atoms with van der Waals surface area (Å²) in [5, 5.41) is 19.2. The Hall–Kier alpha value is -2.18. The second-order valence-corrected chi connectivity index (χ2v) is 4.73. The quantitative estimate of drug-likeness (QED) is 0.632. The molecule has 0 atom stereocenters. The highest BCUT2D eigenvalue weighted by Crippen LogP contribution is 2.49. The van der Waals surface area contributed by atoms with Crippen molar-refractivity contribution in [2.24, 2.45) is 5.41 Å². The largest absolute Gasteiger partial charge is 0.493 e. The van der Waals surface area contributed by atoms with E-state index in [9.17, 15) is 19.3 Å². The molecule has 7 heteroatoms. The smallest absolute Gasteiger partial charge is 0.305 e. The lowest BCUT2D eigenvalue weighted by Gasteiger charge is -2.13. The lowest BCUT2D eigenvalue weighted by atomic mass is 10.0. The standard InChI is InChI=1S/C12H12FNO5/c13-9-5-8(1-2-10(9)14(17)18)19-7-12(3-4-12)6-11(15)16/h1-2,5H,3-4,6-7H2,(H,15,16). The molecule has 1 saturated carbocycles. The third-order valence-corrected chi connectivity index (χ3v) is 3.14. The van der Waals surface area contributed by atoms with Crippen molar-refractivity contribution in [1.82, 2.24) is 0 Å². The highest BCUT2D eigenvalue weighted by Gasteiger charge is 2.45. The molecule has 0 spiro atoms. The van der Waals surface area contributed by atoms with Crippen molar-refractivity contribution in [3.05, 3.63) is 34.1 Å². The van der Waals surface area contributed by atoms with Crippen molar-refractivity contribution >= 4 is 11.7 Å². The number of nitrogens with zero attached hydrogens (tertiary/aromatic N) is 1. The summed E-state index contributed by atoms with van der Waals surface area (Å²) in [6.45, 7) is 0.177. The minimum absolute atomic E-state index is 0.0163. The Morgan fingerprint density at radius 1 is 1.53 bits per heavy atom. The lowest BCUT2D eigenvalue weighted by Crippen LogP contribution is -2.17. The summed E-state index contributed by atoms with van der Waals surface area (Å²) in [4.78, 5) is 20.3. The first-order chi connectivity index (χ1) is 8.92. The van der Waals surface area contributed by atoms with Gasteiger partial charge in [0.1, 0.15) is 5.75 Å². The second kappa shape index (κ2) is 4.83. The van der Waals surface area contributed by atoms with Gasteiger partial charge in [0.15, 0.2) is 0 Å². The number of halogens is 1. The molecule has 19 heavy (non-hydrogen) atoms. The predicted molar refractivity (Wildman–Crippen MR) is 62.5 cm³/mol. The molecule has 0 saturated heterocycles. The van der Waals surface area contributed by atoms with Gasteiger partial charge in [0.2, 0.25) is 5.82 Å². The number of carboxylic acids is 1. The summed E-state index contributed by atoms with van der Waals surface area (Å²) >= 11 is 0. The van der Waals surface area contributed by atoms with Gasteiger partial charge in [0.05, 0.1) is 18.0 Å². The van der Waals surface area contributed by atoms with Gasteiger partial charge >= 0.3 is 11.7 Å². The molecule has 102 valence electrons. The summed E-state index contributed by atoms with van der Waals surface area (Å²) in [6, 6.07) is 3.27. The first kappa shape index (κ1) is 13.3. The van der Waals surface area contributed by atoms with Crippen molar-refractivity contribution < 1.29 is 24.0 Å². The number of nitro benzene ring substituents is 1. The van der Waals surface area contributed by atoms with Gasteiger partial charge in [-0.25, -0.2) is 0 Å². The van der Waals surface area contributed by atoms with Gasteiger partial charge < -0.3 is 9.84 Å². The molecule has 0 heterocycles. The van der Waals surface area contributed by atoms with Crippen LogP contribution in [-0.4, -0.2) is 22.6 Å². The maximum atomic E-state index is 13.3. The lowest BCUT2D eigenvalue weighted by molar-refractivity contribution is -0.387. The van der Waals surface area contributed by atoms with Crippen molar-refractivity contribution in [1.29, 1.82) is 0 Å².